The Balaban J connectivity index is 1.43. The lowest BCUT2D eigenvalue weighted by Crippen LogP contribution is -2.28. The van der Waals surface area contributed by atoms with Crippen molar-refractivity contribution in [3.8, 4) is 5.75 Å². The maximum absolute atomic E-state index is 13.3. The minimum absolute atomic E-state index is 0.138. The van der Waals surface area contributed by atoms with E-state index in [9.17, 15) is 9.18 Å². The SMILES string of the molecule is CCOc1ccc2[nH]c(=O)c(CN(Cc3ccccc3)Cc3nnnn3Cc3ccc(F)cc3)cc2c1. The topological polar surface area (TPSA) is 88.9 Å². The van der Waals surface area contributed by atoms with Crippen LogP contribution in [-0.4, -0.2) is 36.7 Å². The van der Waals surface area contributed by atoms with Crippen LogP contribution in [0.5, 0.6) is 5.75 Å². The lowest BCUT2D eigenvalue weighted by atomic mass is 10.1. The molecule has 5 rings (SSSR count). The van der Waals surface area contributed by atoms with Crippen LogP contribution in [0.4, 0.5) is 4.39 Å². The van der Waals surface area contributed by atoms with Gasteiger partial charge in [-0.05, 0) is 64.9 Å². The van der Waals surface area contributed by atoms with E-state index >= 15 is 0 Å². The van der Waals surface area contributed by atoms with Crippen LogP contribution >= 0.6 is 0 Å². The van der Waals surface area contributed by atoms with Gasteiger partial charge < -0.3 is 9.72 Å². The predicted molar refractivity (Wildman–Crippen MR) is 138 cm³/mol. The second-order valence-electron chi connectivity index (χ2n) is 8.82. The predicted octanol–water partition coefficient (Wildman–Crippen LogP) is 4.30. The number of aromatic amines is 1. The maximum Gasteiger partial charge on any atom is 0.252 e. The van der Waals surface area contributed by atoms with E-state index in [-0.39, 0.29) is 11.4 Å². The highest BCUT2D eigenvalue weighted by atomic mass is 19.1. The van der Waals surface area contributed by atoms with Crippen molar-refractivity contribution < 1.29 is 9.13 Å². The Hall–Kier alpha value is -4.37. The average Bonchev–Trinajstić information content (AvgIpc) is 3.33. The monoisotopic (exact) mass is 498 g/mol. The lowest BCUT2D eigenvalue weighted by Gasteiger charge is -2.22. The van der Waals surface area contributed by atoms with Gasteiger partial charge in [0.15, 0.2) is 5.82 Å². The van der Waals surface area contributed by atoms with Crippen LogP contribution in [-0.2, 0) is 26.2 Å². The van der Waals surface area contributed by atoms with E-state index in [2.05, 4.69) is 25.4 Å². The molecule has 5 aromatic rings. The van der Waals surface area contributed by atoms with E-state index < -0.39 is 0 Å². The molecule has 1 N–H and O–H groups in total. The van der Waals surface area contributed by atoms with Crippen LogP contribution in [0.25, 0.3) is 10.9 Å². The van der Waals surface area contributed by atoms with Gasteiger partial charge in [-0.25, -0.2) is 9.07 Å². The summed E-state index contributed by atoms with van der Waals surface area (Å²) in [4.78, 5) is 18.1. The van der Waals surface area contributed by atoms with E-state index in [1.54, 1.807) is 16.8 Å². The van der Waals surface area contributed by atoms with Gasteiger partial charge in [0.1, 0.15) is 11.6 Å². The number of benzene rings is 3. The molecule has 2 aromatic heterocycles. The molecule has 188 valence electrons. The van der Waals surface area contributed by atoms with Crippen LogP contribution in [0.2, 0.25) is 0 Å². The number of hydrogen-bond acceptors (Lipinski definition) is 6. The number of rotatable bonds is 10. The van der Waals surface area contributed by atoms with Crippen molar-refractivity contribution >= 4 is 10.9 Å². The molecule has 0 aliphatic rings. The van der Waals surface area contributed by atoms with E-state index in [0.717, 1.165) is 27.8 Å². The van der Waals surface area contributed by atoms with Crippen LogP contribution in [0, 0.1) is 5.82 Å². The van der Waals surface area contributed by atoms with Crippen LogP contribution in [0.15, 0.2) is 83.7 Å². The second kappa shape index (κ2) is 11.1. The molecule has 2 heterocycles. The van der Waals surface area contributed by atoms with Crippen molar-refractivity contribution in [1.29, 1.82) is 0 Å². The fraction of sp³-hybridized carbons (Fsp3) is 0.214. The molecule has 8 nitrogen and oxygen atoms in total. The Kier molecular flexibility index (Phi) is 7.32. The first-order chi connectivity index (χ1) is 18.1. The van der Waals surface area contributed by atoms with Gasteiger partial charge in [-0.2, -0.15) is 0 Å². The molecule has 0 spiro atoms. The Morgan fingerprint density at radius 3 is 2.54 bits per heavy atom. The number of aromatic nitrogens is 5. The average molecular weight is 499 g/mol. The van der Waals surface area contributed by atoms with Crippen LogP contribution < -0.4 is 10.3 Å². The van der Waals surface area contributed by atoms with E-state index in [1.807, 2.05) is 61.5 Å². The molecule has 0 unspecified atom stereocenters. The molecular weight excluding hydrogens is 471 g/mol. The zero-order valence-electron chi connectivity index (χ0n) is 20.5. The van der Waals surface area contributed by atoms with Gasteiger partial charge in [-0.15, -0.1) is 5.10 Å². The summed E-state index contributed by atoms with van der Waals surface area (Å²) >= 11 is 0. The fourth-order valence-corrected chi connectivity index (χ4v) is 4.28. The van der Waals surface area contributed by atoms with Gasteiger partial charge in [-0.3, -0.25) is 9.69 Å². The zero-order valence-corrected chi connectivity index (χ0v) is 20.5. The van der Waals surface area contributed by atoms with Crippen LogP contribution in [0.1, 0.15) is 29.4 Å². The van der Waals surface area contributed by atoms with Crippen LogP contribution in [0.3, 0.4) is 0 Å². The second-order valence-corrected chi connectivity index (χ2v) is 8.82. The Labute approximate surface area is 213 Å². The molecule has 37 heavy (non-hydrogen) atoms. The lowest BCUT2D eigenvalue weighted by molar-refractivity contribution is 0.236. The number of ether oxygens (including phenoxy) is 1. The third kappa shape index (κ3) is 6.07. The first-order valence-electron chi connectivity index (χ1n) is 12.1. The van der Waals surface area contributed by atoms with E-state index in [4.69, 9.17) is 4.74 Å². The highest BCUT2D eigenvalue weighted by Crippen LogP contribution is 2.20. The minimum Gasteiger partial charge on any atom is -0.494 e. The summed E-state index contributed by atoms with van der Waals surface area (Å²) in [7, 11) is 0. The summed E-state index contributed by atoms with van der Waals surface area (Å²) in [6, 6.07) is 23.9. The number of H-pyrrole nitrogens is 1. The Morgan fingerprint density at radius 1 is 0.946 bits per heavy atom. The molecule has 0 bridgehead atoms. The van der Waals surface area contributed by atoms with Crippen molar-refractivity contribution in [2.24, 2.45) is 0 Å². The fourth-order valence-electron chi connectivity index (χ4n) is 4.28. The third-order valence-electron chi connectivity index (χ3n) is 6.06. The summed E-state index contributed by atoms with van der Waals surface area (Å²) in [6.45, 7) is 4.33. The Bertz CT molecular complexity index is 1530. The standard InChI is InChI=1S/C28H27FN6O2/c1-2-37-25-12-13-26-22(15-25)14-23(28(36)30-26)18-34(16-20-6-4-3-5-7-20)19-27-31-32-33-35(27)17-21-8-10-24(29)11-9-21/h3-15H,2,16-19H2,1H3,(H,30,36). The number of nitrogens with one attached hydrogen (secondary N) is 1. The number of pyridine rings is 1. The number of nitrogens with zero attached hydrogens (tertiary/aromatic N) is 5. The largest absolute Gasteiger partial charge is 0.494 e. The first-order valence-corrected chi connectivity index (χ1v) is 12.1. The van der Waals surface area contributed by atoms with Gasteiger partial charge in [0, 0.05) is 29.6 Å². The molecule has 9 heteroatoms. The number of tetrazole rings is 1. The normalized spacial score (nSPS) is 11.3. The molecule has 0 saturated heterocycles. The van der Waals surface area contributed by atoms with Crippen molar-refractivity contribution in [3.63, 3.8) is 0 Å². The zero-order chi connectivity index (χ0) is 25.6. The summed E-state index contributed by atoms with van der Waals surface area (Å²) < 4.78 is 20.7. The van der Waals surface area contributed by atoms with E-state index in [1.165, 1.54) is 12.1 Å². The van der Waals surface area contributed by atoms with Crippen molar-refractivity contribution in [2.45, 2.75) is 33.1 Å². The van der Waals surface area contributed by atoms with Crippen molar-refractivity contribution in [2.75, 3.05) is 6.61 Å². The Morgan fingerprint density at radius 2 is 1.76 bits per heavy atom. The molecule has 0 aliphatic carbocycles. The summed E-state index contributed by atoms with van der Waals surface area (Å²) in [5.41, 5.74) is 3.25. The summed E-state index contributed by atoms with van der Waals surface area (Å²) in [5.74, 6) is 1.12. The van der Waals surface area contributed by atoms with Gasteiger partial charge >= 0.3 is 0 Å². The summed E-state index contributed by atoms with van der Waals surface area (Å²) in [5, 5.41) is 13.2. The quantitative estimate of drug-likeness (QED) is 0.309. The molecule has 0 amide bonds. The van der Waals surface area contributed by atoms with Gasteiger partial charge in [-0.1, -0.05) is 42.5 Å². The molecule has 0 fully saturated rings. The molecule has 0 aliphatic heterocycles. The van der Waals surface area contributed by atoms with E-state index in [0.29, 0.717) is 44.2 Å². The highest BCUT2D eigenvalue weighted by molar-refractivity contribution is 5.80. The number of halogens is 1. The molecule has 0 atom stereocenters. The number of hydrogen-bond donors (Lipinski definition) is 1. The first kappa shape index (κ1) is 24.3. The molecule has 3 aromatic carbocycles. The minimum atomic E-state index is -0.288. The van der Waals surface area contributed by atoms with Gasteiger partial charge in [0.2, 0.25) is 0 Å². The molecule has 0 saturated carbocycles. The molecule has 0 radical (unpaired) electrons. The maximum atomic E-state index is 13.3. The van der Waals surface area contributed by atoms with Crippen molar-refractivity contribution in [1.82, 2.24) is 30.1 Å². The molecular formula is C28H27FN6O2. The van der Waals surface area contributed by atoms with Gasteiger partial charge in [0.05, 0.1) is 19.7 Å². The number of fused-ring (bicyclic) bond motifs is 1. The van der Waals surface area contributed by atoms with Crippen molar-refractivity contribution in [3.05, 3.63) is 118 Å². The van der Waals surface area contributed by atoms with Gasteiger partial charge in [0.25, 0.3) is 5.56 Å². The smallest absolute Gasteiger partial charge is 0.252 e. The highest BCUT2D eigenvalue weighted by Gasteiger charge is 2.16. The summed E-state index contributed by atoms with van der Waals surface area (Å²) in [6.07, 6.45) is 0. The third-order valence-corrected chi connectivity index (χ3v) is 6.06.